The van der Waals surface area contributed by atoms with Crippen LogP contribution in [0.4, 0.5) is 5.95 Å². The topological polar surface area (TPSA) is 72.0 Å². The first-order valence-corrected chi connectivity index (χ1v) is 6.98. The van der Waals surface area contributed by atoms with Crippen LogP contribution in [0.5, 0.6) is 0 Å². The lowest BCUT2D eigenvalue weighted by molar-refractivity contribution is 0.601. The van der Waals surface area contributed by atoms with Gasteiger partial charge in [-0.05, 0) is 30.3 Å². The average Bonchev–Trinajstić information content (AvgIpc) is 2.29. The Bertz CT molecular complexity index is 659. The van der Waals surface area contributed by atoms with Gasteiger partial charge in [0.15, 0.2) is 0 Å². The van der Waals surface area contributed by atoms with Crippen LogP contribution in [0.2, 0.25) is 10.2 Å². The molecule has 0 fully saturated rings. The van der Waals surface area contributed by atoms with E-state index < -0.39 is 10.0 Å². The van der Waals surface area contributed by atoms with Gasteiger partial charge in [0, 0.05) is 11.2 Å². The van der Waals surface area contributed by atoms with Crippen LogP contribution in [-0.2, 0) is 10.0 Å². The van der Waals surface area contributed by atoms with Crippen LogP contribution >= 0.6 is 23.2 Å². The number of benzene rings is 1. The number of nitrogens with zero attached hydrogens (tertiary/aromatic N) is 2. The molecule has 0 aliphatic heterocycles. The monoisotopic (exact) mass is 303 g/mol. The Hall–Kier alpha value is -1.37. The summed E-state index contributed by atoms with van der Waals surface area (Å²) >= 11 is 11.3. The zero-order chi connectivity index (χ0) is 13.2. The van der Waals surface area contributed by atoms with Crippen LogP contribution in [-0.4, -0.2) is 18.4 Å². The fourth-order valence-electron chi connectivity index (χ4n) is 1.18. The summed E-state index contributed by atoms with van der Waals surface area (Å²) in [5.74, 6) is -0.0857. The second-order valence-electron chi connectivity index (χ2n) is 3.26. The Balaban J connectivity index is 2.30. The van der Waals surface area contributed by atoms with Gasteiger partial charge in [0.2, 0.25) is 5.95 Å². The summed E-state index contributed by atoms with van der Waals surface area (Å²) in [5, 5.41) is 0.603. The third kappa shape index (κ3) is 3.10. The number of sulfonamides is 1. The molecule has 0 spiro atoms. The molecule has 1 heterocycles. The molecule has 5 nitrogen and oxygen atoms in total. The van der Waals surface area contributed by atoms with Gasteiger partial charge in [-0.3, -0.25) is 0 Å². The second kappa shape index (κ2) is 5.09. The summed E-state index contributed by atoms with van der Waals surface area (Å²) in [6.45, 7) is 0. The van der Waals surface area contributed by atoms with E-state index in [4.69, 9.17) is 23.2 Å². The van der Waals surface area contributed by atoms with Gasteiger partial charge in [0.25, 0.3) is 10.0 Å². The predicted molar refractivity (Wildman–Crippen MR) is 69.3 cm³/mol. The molecule has 0 aliphatic rings. The standard InChI is InChI=1S/C10H7Cl2N3O2S/c11-7-1-3-8(4-2-7)18(16,17)15-10-13-6-5-9(12)14-10/h1-6H,(H,13,14,15). The van der Waals surface area contributed by atoms with Crippen molar-refractivity contribution in [2.75, 3.05) is 4.72 Å². The maximum absolute atomic E-state index is 11.9. The molecule has 0 radical (unpaired) electrons. The number of anilines is 1. The van der Waals surface area contributed by atoms with Gasteiger partial charge in [-0.25, -0.2) is 23.1 Å². The van der Waals surface area contributed by atoms with Gasteiger partial charge in [0.1, 0.15) is 5.15 Å². The van der Waals surface area contributed by atoms with Crippen molar-refractivity contribution in [3.05, 3.63) is 46.7 Å². The van der Waals surface area contributed by atoms with Crippen LogP contribution in [0.25, 0.3) is 0 Å². The van der Waals surface area contributed by atoms with Gasteiger partial charge in [-0.1, -0.05) is 23.2 Å². The molecule has 0 bridgehead atoms. The highest BCUT2D eigenvalue weighted by atomic mass is 35.5. The molecule has 94 valence electrons. The normalized spacial score (nSPS) is 11.2. The summed E-state index contributed by atoms with van der Waals surface area (Å²) < 4.78 is 26.1. The summed E-state index contributed by atoms with van der Waals surface area (Å²) in [5.41, 5.74) is 0. The van der Waals surface area contributed by atoms with Crippen molar-refractivity contribution >= 4 is 39.2 Å². The Morgan fingerprint density at radius 3 is 2.33 bits per heavy atom. The van der Waals surface area contributed by atoms with Gasteiger partial charge < -0.3 is 0 Å². The molecule has 1 aromatic carbocycles. The van der Waals surface area contributed by atoms with Crippen molar-refractivity contribution in [2.24, 2.45) is 0 Å². The lowest BCUT2D eigenvalue weighted by Gasteiger charge is -2.06. The van der Waals surface area contributed by atoms with E-state index >= 15 is 0 Å². The van der Waals surface area contributed by atoms with Crippen molar-refractivity contribution in [3.63, 3.8) is 0 Å². The largest absolute Gasteiger partial charge is 0.264 e. The quantitative estimate of drug-likeness (QED) is 0.885. The third-order valence-corrected chi connectivity index (χ3v) is 3.78. The molecule has 1 N–H and O–H groups in total. The van der Waals surface area contributed by atoms with Crippen LogP contribution in [0.1, 0.15) is 0 Å². The molecule has 0 unspecified atom stereocenters. The molecular formula is C10H7Cl2N3O2S. The minimum Gasteiger partial charge on any atom is -0.247 e. The number of nitrogens with one attached hydrogen (secondary N) is 1. The first-order valence-electron chi connectivity index (χ1n) is 4.74. The highest BCUT2D eigenvalue weighted by Gasteiger charge is 2.15. The van der Waals surface area contributed by atoms with E-state index in [9.17, 15) is 8.42 Å². The number of rotatable bonds is 3. The predicted octanol–water partition coefficient (Wildman–Crippen LogP) is 2.58. The van der Waals surface area contributed by atoms with E-state index in [1.165, 1.54) is 36.5 Å². The van der Waals surface area contributed by atoms with Gasteiger partial charge >= 0.3 is 0 Å². The molecule has 0 aliphatic carbocycles. The van der Waals surface area contributed by atoms with Crippen molar-refractivity contribution in [1.29, 1.82) is 0 Å². The molecule has 0 atom stereocenters. The van der Waals surface area contributed by atoms with Crippen molar-refractivity contribution in [3.8, 4) is 0 Å². The summed E-state index contributed by atoms with van der Waals surface area (Å²) in [4.78, 5) is 7.56. The van der Waals surface area contributed by atoms with Crippen LogP contribution in [0, 0.1) is 0 Å². The van der Waals surface area contributed by atoms with E-state index in [1.807, 2.05) is 0 Å². The fourth-order valence-corrected chi connectivity index (χ4v) is 2.39. The molecule has 0 saturated carbocycles. The van der Waals surface area contributed by atoms with Crippen molar-refractivity contribution in [1.82, 2.24) is 9.97 Å². The maximum Gasteiger partial charge on any atom is 0.264 e. The molecule has 2 rings (SSSR count). The van der Waals surface area contributed by atoms with E-state index in [2.05, 4.69) is 14.7 Å². The molecule has 1 aromatic heterocycles. The summed E-state index contributed by atoms with van der Waals surface area (Å²) in [6.07, 6.45) is 1.36. The maximum atomic E-state index is 11.9. The molecule has 8 heteroatoms. The molecule has 0 amide bonds. The fraction of sp³-hybridized carbons (Fsp3) is 0. The number of hydrogen-bond donors (Lipinski definition) is 1. The third-order valence-electron chi connectivity index (χ3n) is 1.97. The Labute approximate surface area is 114 Å². The van der Waals surface area contributed by atoms with E-state index in [0.717, 1.165) is 0 Å². The SMILES string of the molecule is O=S(=O)(Nc1nccc(Cl)n1)c1ccc(Cl)cc1. The first-order chi connectivity index (χ1) is 8.47. The minimum atomic E-state index is -3.74. The van der Waals surface area contributed by atoms with Gasteiger partial charge in [-0.2, -0.15) is 0 Å². The van der Waals surface area contributed by atoms with Crippen LogP contribution in [0.3, 0.4) is 0 Å². The summed E-state index contributed by atoms with van der Waals surface area (Å²) in [6, 6.07) is 7.18. The van der Waals surface area contributed by atoms with Crippen LogP contribution in [0.15, 0.2) is 41.4 Å². The van der Waals surface area contributed by atoms with Crippen molar-refractivity contribution in [2.45, 2.75) is 4.90 Å². The van der Waals surface area contributed by atoms with Gasteiger partial charge in [0.05, 0.1) is 4.90 Å². The minimum absolute atomic E-state index is 0.0653. The van der Waals surface area contributed by atoms with Crippen LogP contribution < -0.4 is 4.72 Å². The Morgan fingerprint density at radius 1 is 1.06 bits per heavy atom. The van der Waals surface area contributed by atoms with Crippen molar-refractivity contribution < 1.29 is 8.42 Å². The Morgan fingerprint density at radius 2 is 1.72 bits per heavy atom. The number of hydrogen-bond acceptors (Lipinski definition) is 4. The number of aromatic nitrogens is 2. The van der Waals surface area contributed by atoms with E-state index in [0.29, 0.717) is 5.02 Å². The lowest BCUT2D eigenvalue weighted by atomic mass is 10.4. The van der Waals surface area contributed by atoms with E-state index in [-0.39, 0.29) is 16.0 Å². The summed E-state index contributed by atoms with van der Waals surface area (Å²) in [7, 11) is -3.74. The molecule has 2 aromatic rings. The van der Waals surface area contributed by atoms with E-state index in [1.54, 1.807) is 0 Å². The first kappa shape index (κ1) is 13.1. The zero-order valence-electron chi connectivity index (χ0n) is 8.84. The zero-order valence-corrected chi connectivity index (χ0v) is 11.2. The molecule has 18 heavy (non-hydrogen) atoms. The van der Waals surface area contributed by atoms with Gasteiger partial charge in [-0.15, -0.1) is 0 Å². The Kier molecular flexibility index (Phi) is 3.70. The molecular weight excluding hydrogens is 297 g/mol. The highest BCUT2D eigenvalue weighted by Crippen LogP contribution is 2.16. The molecule has 0 saturated heterocycles. The second-order valence-corrected chi connectivity index (χ2v) is 5.77. The smallest absolute Gasteiger partial charge is 0.247 e. The lowest BCUT2D eigenvalue weighted by Crippen LogP contribution is -2.14. The average molecular weight is 304 g/mol. The highest BCUT2D eigenvalue weighted by molar-refractivity contribution is 7.92. The number of halogens is 2.